The highest BCUT2D eigenvalue weighted by atomic mass is 28.4. The van der Waals surface area contributed by atoms with Crippen LogP contribution in [-0.4, -0.2) is 35.7 Å². The standard InChI is InChI=1S/C16H29NO3Si/c1-16(2,3)21(6,7)20-9-8-17-13-10-14(18-4)12-15(11-13)19-5/h10-12,17H,8-9H2,1-7H3. The first kappa shape index (κ1) is 17.8. The first-order chi connectivity index (χ1) is 9.69. The molecule has 0 saturated heterocycles. The second-order valence-electron chi connectivity index (χ2n) is 6.64. The SMILES string of the molecule is COc1cc(NCCO[Si](C)(C)C(C)(C)C)cc(OC)c1. The topological polar surface area (TPSA) is 39.7 Å². The molecule has 4 nitrogen and oxygen atoms in total. The van der Waals surface area contributed by atoms with E-state index >= 15 is 0 Å². The van der Waals surface area contributed by atoms with Crippen LogP contribution in [0.4, 0.5) is 5.69 Å². The third-order valence-electron chi connectivity index (χ3n) is 4.05. The highest BCUT2D eigenvalue weighted by Crippen LogP contribution is 2.36. The van der Waals surface area contributed by atoms with E-state index in [-0.39, 0.29) is 5.04 Å². The lowest BCUT2D eigenvalue weighted by atomic mass is 10.2. The number of nitrogens with one attached hydrogen (secondary N) is 1. The maximum atomic E-state index is 6.14. The quantitative estimate of drug-likeness (QED) is 0.607. The second kappa shape index (κ2) is 7.18. The van der Waals surface area contributed by atoms with Gasteiger partial charge in [-0.2, -0.15) is 0 Å². The predicted octanol–water partition coefficient (Wildman–Crippen LogP) is 4.14. The number of ether oxygens (including phenoxy) is 2. The van der Waals surface area contributed by atoms with Crippen molar-refractivity contribution in [2.45, 2.75) is 38.9 Å². The molecule has 0 aromatic heterocycles. The monoisotopic (exact) mass is 311 g/mol. The van der Waals surface area contributed by atoms with Crippen molar-refractivity contribution in [1.29, 1.82) is 0 Å². The molecule has 0 aliphatic rings. The Bertz CT molecular complexity index is 433. The van der Waals surface area contributed by atoms with Crippen LogP contribution in [0, 0.1) is 0 Å². The van der Waals surface area contributed by atoms with Crippen LogP contribution in [0.15, 0.2) is 18.2 Å². The van der Waals surface area contributed by atoms with Gasteiger partial charge in [0.15, 0.2) is 8.32 Å². The molecular weight excluding hydrogens is 282 g/mol. The van der Waals surface area contributed by atoms with E-state index < -0.39 is 8.32 Å². The van der Waals surface area contributed by atoms with Crippen molar-refractivity contribution in [1.82, 2.24) is 0 Å². The van der Waals surface area contributed by atoms with Gasteiger partial charge in [-0.05, 0) is 18.1 Å². The molecule has 1 aromatic carbocycles. The second-order valence-corrected chi connectivity index (χ2v) is 11.4. The highest BCUT2D eigenvalue weighted by molar-refractivity contribution is 6.74. The van der Waals surface area contributed by atoms with Crippen LogP contribution in [-0.2, 0) is 4.43 Å². The van der Waals surface area contributed by atoms with Crippen LogP contribution >= 0.6 is 0 Å². The zero-order valence-corrected chi connectivity index (χ0v) is 15.4. The van der Waals surface area contributed by atoms with E-state index in [0.29, 0.717) is 6.61 Å². The molecule has 0 amide bonds. The molecule has 0 aliphatic carbocycles. The molecule has 21 heavy (non-hydrogen) atoms. The summed E-state index contributed by atoms with van der Waals surface area (Å²) in [6.07, 6.45) is 0. The van der Waals surface area contributed by atoms with E-state index in [1.165, 1.54) is 0 Å². The molecule has 0 bridgehead atoms. The van der Waals surface area contributed by atoms with Crippen LogP contribution in [0.5, 0.6) is 11.5 Å². The molecule has 0 aliphatic heterocycles. The summed E-state index contributed by atoms with van der Waals surface area (Å²) in [5.41, 5.74) is 0.977. The summed E-state index contributed by atoms with van der Waals surface area (Å²) < 4.78 is 16.7. The number of hydrogen-bond donors (Lipinski definition) is 1. The predicted molar refractivity (Wildman–Crippen MR) is 91.2 cm³/mol. The number of rotatable bonds is 7. The molecule has 120 valence electrons. The Balaban J connectivity index is 2.53. The normalized spacial score (nSPS) is 12.1. The van der Waals surface area contributed by atoms with E-state index in [1.54, 1.807) is 14.2 Å². The Morgan fingerprint density at radius 2 is 1.52 bits per heavy atom. The largest absolute Gasteiger partial charge is 0.497 e. The van der Waals surface area contributed by atoms with Gasteiger partial charge in [0.25, 0.3) is 0 Å². The van der Waals surface area contributed by atoms with Crippen LogP contribution in [0.25, 0.3) is 0 Å². The van der Waals surface area contributed by atoms with Crippen molar-refractivity contribution in [3.8, 4) is 11.5 Å². The maximum absolute atomic E-state index is 6.14. The maximum Gasteiger partial charge on any atom is 0.192 e. The van der Waals surface area contributed by atoms with Crippen LogP contribution in [0.3, 0.4) is 0 Å². The molecule has 0 heterocycles. The number of hydrogen-bond acceptors (Lipinski definition) is 4. The summed E-state index contributed by atoms with van der Waals surface area (Å²) in [5.74, 6) is 1.56. The third kappa shape index (κ3) is 5.25. The Morgan fingerprint density at radius 3 is 1.95 bits per heavy atom. The molecule has 0 radical (unpaired) electrons. The lowest BCUT2D eigenvalue weighted by molar-refractivity contribution is 0.301. The highest BCUT2D eigenvalue weighted by Gasteiger charge is 2.36. The molecule has 1 rings (SSSR count). The average molecular weight is 311 g/mol. The molecule has 0 spiro atoms. The van der Waals surface area contributed by atoms with Crippen molar-refractivity contribution in [3.05, 3.63) is 18.2 Å². The summed E-state index contributed by atoms with van der Waals surface area (Å²) in [6, 6.07) is 5.76. The summed E-state index contributed by atoms with van der Waals surface area (Å²) in [6.45, 7) is 12.8. The van der Waals surface area contributed by atoms with Gasteiger partial charge in [0.2, 0.25) is 0 Å². The van der Waals surface area contributed by atoms with E-state index in [1.807, 2.05) is 18.2 Å². The Hall–Kier alpha value is -1.20. The van der Waals surface area contributed by atoms with E-state index in [9.17, 15) is 0 Å². The zero-order valence-electron chi connectivity index (χ0n) is 14.4. The Labute approximate surface area is 129 Å². The van der Waals surface area contributed by atoms with Gasteiger partial charge in [-0.1, -0.05) is 20.8 Å². The Morgan fingerprint density at radius 1 is 1.00 bits per heavy atom. The summed E-state index contributed by atoms with van der Waals surface area (Å²) in [7, 11) is 1.64. The van der Waals surface area contributed by atoms with Crippen molar-refractivity contribution < 1.29 is 13.9 Å². The lowest BCUT2D eigenvalue weighted by Gasteiger charge is -2.36. The summed E-state index contributed by atoms with van der Waals surface area (Å²) in [5, 5.41) is 3.60. The van der Waals surface area contributed by atoms with Crippen molar-refractivity contribution in [2.24, 2.45) is 0 Å². The molecule has 5 heteroatoms. The van der Waals surface area contributed by atoms with Crippen LogP contribution < -0.4 is 14.8 Å². The van der Waals surface area contributed by atoms with E-state index in [0.717, 1.165) is 23.7 Å². The van der Waals surface area contributed by atoms with Crippen LogP contribution in [0.1, 0.15) is 20.8 Å². The van der Waals surface area contributed by atoms with Gasteiger partial charge in [-0.25, -0.2) is 0 Å². The molecule has 1 N–H and O–H groups in total. The van der Waals surface area contributed by atoms with Gasteiger partial charge in [0.1, 0.15) is 11.5 Å². The molecular formula is C16H29NO3Si. The van der Waals surface area contributed by atoms with Gasteiger partial charge in [0.05, 0.1) is 20.8 Å². The first-order valence-electron chi connectivity index (χ1n) is 7.30. The minimum Gasteiger partial charge on any atom is -0.497 e. The van der Waals surface area contributed by atoms with Gasteiger partial charge in [-0.15, -0.1) is 0 Å². The van der Waals surface area contributed by atoms with E-state index in [2.05, 4.69) is 39.2 Å². The fourth-order valence-electron chi connectivity index (χ4n) is 1.63. The fraction of sp³-hybridized carbons (Fsp3) is 0.625. The van der Waals surface area contributed by atoms with Gasteiger partial charge in [-0.3, -0.25) is 0 Å². The molecule has 0 fully saturated rings. The lowest BCUT2D eigenvalue weighted by Crippen LogP contribution is -2.41. The number of benzene rings is 1. The van der Waals surface area contributed by atoms with E-state index in [4.69, 9.17) is 13.9 Å². The molecule has 0 saturated carbocycles. The molecule has 0 unspecified atom stereocenters. The number of anilines is 1. The minimum atomic E-state index is -1.67. The third-order valence-corrected chi connectivity index (χ3v) is 8.59. The minimum absolute atomic E-state index is 0.242. The van der Waals surface area contributed by atoms with Gasteiger partial charge < -0.3 is 19.2 Å². The van der Waals surface area contributed by atoms with Gasteiger partial charge >= 0.3 is 0 Å². The van der Waals surface area contributed by atoms with Gasteiger partial charge in [0, 0.05) is 30.4 Å². The fourth-order valence-corrected chi connectivity index (χ4v) is 2.67. The van der Waals surface area contributed by atoms with Crippen molar-refractivity contribution in [2.75, 3.05) is 32.7 Å². The molecule has 0 atom stereocenters. The summed E-state index contributed by atoms with van der Waals surface area (Å²) in [4.78, 5) is 0. The van der Waals surface area contributed by atoms with Crippen molar-refractivity contribution in [3.63, 3.8) is 0 Å². The first-order valence-corrected chi connectivity index (χ1v) is 10.2. The van der Waals surface area contributed by atoms with Crippen LogP contribution in [0.2, 0.25) is 18.1 Å². The van der Waals surface area contributed by atoms with Crippen molar-refractivity contribution >= 4 is 14.0 Å². The summed E-state index contributed by atoms with van der Waals surface area (Å²) >= 11 is 0. The zero-order chi connectivity index (χ0) is 16.1. The molecule has 1 aromatic rings. The Kier molecular flexibility index (Phi) is 6.10. The number of methoxy groups -OCH3 is 2. The average Bonchev–Trinajstić information content (AvgIpc) is 2.42. The smallest absolute Gasteiger partial charge is 0.192 e.